The van der Waals surface area contributed by atoms with Gasteiger partial charge in [0.05, 0.1) is 6.42 Å². The molecule has 0 heterocycles. The van der Waals surface area contributed by atoms with Gasteiger partial charge in [0.15, 0.2) is 0 Å². The maximum absolute atomic E-state index is 11.7. The minimum atomic E-state index is -1.35. The predicted molar refractivity (Wildman–Crippen MR) is 112 cm³/mol. The minimum absolute atomic E-state index is 0. The number of nitrogens with one attached hydrogen (secondary N) is 1. The van der Waals surface area contributed by atoms with E-state index in [4.69, 9.17) is 10.2 Å². The van der Waals surface area contributed by atoms with Crippen molar-refractivity contribution >= 4 is 17.8 Å². The van der Waals surface area contributed by atoms with Crippen molar-refractivity contribution in [1.82, 2.24) is 5.32 Å². The van der Waals surface area contributed by atoms with Crippen molar-refractivity contribution in [2.45, 2.75) is 122 Å². The quantitative estimate of drug-likeness (QED) is 0.200. The normalized spacial score (nSPS) is 11.5. The number of unbranched alkanes of at least 4 members (excludes halogenated alkanes) is 14. The molecule has 0 saturated heterocycles. The summed E-state index contributed by atoms with van der Waals surface area (Å²) in [7, 11) is 0. The zero-order valence-corrected chi connectivity index (χ0v) is 21.8. The molecule has 0 radical (unpaired) electrons. The van der Waals surface area contributed by atoms with Crippen molar-refractivity contribution in [3.05, 3.63) is 0 Å². The van der Waals surface area contributed by atoms with Crippen LogP contribution in [0.1, 0.15) is 118 Å². The van der Waals surface area contributed by atoms with Crippen LogP contribution >= 0.6 is 0 Å². The summed E-state index contributed by atoms with van der Waals surface area (Å²) in [5.41, 5.74) is 0. The van der Waals surface area contributed by atoms with Crippen LogP contribution in [0.5, 0.6) is 0 Å². The first-order valence-corrected chi connectivity index (χ1v) is 11.2. The summed E-state index contributed by atoms with van der Waals surface area (Å²) in [6.07, 6.45) is 18.3. The molecule has 3 N–H and O–H groups in total. The largest absolute Gasteiger partial charge is 1.00 e. The summed E-state index contributed by atoms with van der Waals surface area (Å²) in [6, 6.07) is -1.35. The summed E-state index contributed by atoms with van der Waals surface area (Å²) in [4.78, 5) is 33.2. The molecule has 1 unspecified atom stereocenters. The number of carbonyl (C=O) groups is 3. The molecule has 0 aliphatic heterocycles. The van der Waals surface area contributed by atoms with Crippen LogP contribution in [-0.2, 0) is 14.4 Å². The van der Waals surface area contributed by atoms with Crippen molar-refractivity contribution in [2.75, 3.05) is 0 Å². The van der Waals surface area contributed by atoms with E-state index in [-0.39, 0.29) is 65.1 Å². The van der Waals surface area contributed by atoms with E-state index in [0.29, 0.717) is 6.42 Å². The van der Waals surface area contributed by atoms with Crippen molar-refractivity contribution in [3.63, 3.8) is 0 Å². The second-order valence-electron chi connectivity index (χ2n) is 7.76. The third kappa shape index (κ3) is 22.6. The van der Waals surface area contributed by atoms with Crippen molar-refractivity contribution < 1.29 is 77.4 Å². The smallest absolute Gasteiger partial charge is 1.00 e. The predicted octanol–water partition coefficient (Wildman–Crippen LogP) is 2.41. The number of carboxylic acids is 2. The molecular formula is C22H42KNO5. The van der Waals surface area contributed by atoms with Gasteiger partial charge in [-0.05, 0) is 6.42 Å². The molecule has 166 valence electrons. The Kier molecular flexibility index (Phi) is 24.5. The topological polar surface area (TPSA) is 104 Å². The SMILES string of the molecule is CCCCCCCCCCCCCCCCCC(=O)NC(CC(=O)O)C(=O)O.[H-].[K+]. The zero-order valence-electron chi connectivity index (χ0n) is 19.7. The Hall–Kier alpha value is 0.0464. The van der Waals surface area contributed by atoms with Gasteiger partial charge in [0.2, 0.25) is 5.91 Å². The summed E-state index contributed by atoms with van der Waals surface area (Å²) in [5, 5.41) is 19.8. The number of carbonyl (C=O) groups excluding carboxylic acids is 1. The molecule has 29 heavy (non-hydrogen) atoms. The van der Waals surface area contributed by atoms with E-state index in [1.165, 1.54) is 77.0 Å². The standard InChI is InChI=1S/C22H41NO5.K.H/c1-2-3-4-5-6-7-8-9-10-11-12-13-14-15-16-17-20(24)23-19(22(27)28)18-21(25)26;;/h19H,2-18H2,1H3,(H,23,24)(H,25,26)(H,27,28);;/q;+1;-1. The fourth-order valence-electron chi connectivity index (χ4n) is 3.30. The third-order valence-electron chi connectivity index (χ3n) is 5.02. The molecular weight excluding hydrogens is 397 g/mol. The molecule has 0 spiro atoms. The molecule has 0 saturated carbocycles. The van der Waals surface area contributed by atoms with Gasteiger partial charge in [0, 0.05) is 6.42 Å². The van der Waals surface area contributed by atoms with Gasteiger partial charge < -0.3 is 17.0 Å². The van der Waals surface area contributed by atoms with Gasteiger partial charge in [-0.2, -0.15) is 0 Å². The Balaban J connectivity index is -0.00000364. The van der Waals surface area contributed by atoms with E-state index in [0.717, 1.165) is 12.8 Å². The second kappa shape index (κ2) is 22.7. The molecule has 0 aliphatic carbocycles. The monoisotopic (exact) mass is 439 g/mol. The van der Waals surface area contributed by atoms with Crippen LogP contribution in [-0.4, -0.2) is 34.1 Å². The summed E-state index contributed by atoms with van der Waals surface area (Å²) in [5.74, 6) is -2.93. The van der Waals surface area contributed by atoms with Crippen molar-refractivity contribution in [1.29, 1.82) is 0 Å². The van der Waals surface area contributed by atoms with E-state index in [2.05, 4.69) is 12.2 Å². The Labute approximate surface area is 220 Å². The van der Waals surface area contributed by atoms with Gasteiger partial charge in [-0.1, -0.05) is 96.8 Å². The van der Waals surface area contributed by atoms with Crippen LogP contribution in [0, 0.1) is 0 Å². The number of carboxylic acid groups (broad SMARTS) is 2. The van der Waals surface area contributed by atoms with Crippen LogP contribution in [0.2, 0.25) is 0 Å². The van der Waals surface area contributed by atoms with Crippen LogP contribution in [0.4, 0.5) is 0 Å². The maximum Gasteiger partial charge on any atom is 1.00 e. The molecule has 0 aromatic heterocycles. The molecule has 1 atom stereocenters. The average molecular weight is 440 g/mol. The first-order chi connectivity index (χ1) is 13.5. The molecule has 0 rings (SSSR count). The molecule has 0 bridgehead atoms. The zero-order chi connectivity index (χ0) is 21.0. The van der Waals surface area contributed by atoms with Gasteiger partial charge in [0.25, 0.3) is 0 Å². The minimum Gasteiger partial charge on any atom is -1.00 e. The second-order valence-corrected chi connectivity index (χ2v) is 7.76. The fraction of sp³-hybridized carbons (Fsp3) is 0.864. The molecule has 7 heteroatoms. The first-order valence-electron chi connectivity index (χ1n) is 11.2. The fourth-order valence-corrected chi connectivity index (χ4v) is 3.30. The summed E-state index contributed by atoms with van der Waals surface area (Å²) < 4.78 is 0. The van der Waals surface area contributed by atoms with Gasteiger partial charge in [0.1, 0.15) is 6.04 Å². The maximum atomic E-state index is 11.7. The number of aliphatic carboxylic acids is 2. The van der Waals surface area contributed by atoms with Crippen LogP contribution < -0.4 is 56.7 Å². The van der Waals surface area contributed by atoms with E-state index in [1.54, 1.807) is 0 Å². The van der Waals surface area contributed by atoms with Gasteiger partial charge in [-0.15, -0.1) is 0 Å². The van der Waals surface area contributed by atoms with Crippen LogP contribution in [0.3, 0.4) is 0 Å². The molecule has 0 aromatic rings. The van der Waals surface area contributed by atoms with E-state index in [1.807, 2.05) is 0 Å². The Morgan fingerprint density at radius 3 is 1.45 bits per heavy atom. The first kappa shape index (κ1) is 31.2. The van der Waals surface area contributed by atoms with Crippen molar-refractivity contribution in [2.24, 2.45) is 0 Å². The number of hydrogen-bond acceptors (Lipinski definition) is 3. The van der Waals surface area contributed by atoms with Crippen LogP contribution in [0.15, 0.2) is 0 Å². The Morgan fingerprint density at radius 2 is 1.10 bits per heavy atom. The average Bonchev–Trinajstić information content (AvgIpc) is 2.64. The summed E-state index contributed by atoms with van der Waals surface area (Å²) in [6.45, 7) is 2.25. The van der Waals surface area contributed by atoms with Crippen LogP contribution in [0.25, 0.3) is 0 Å². The molecule has 0 fully saturated rings. The van der Waals surface area contributed by atoms with E-state index in [9.17, 15) is 14.4 Å². The van der Waals surface area contributed by atoms with Crippen molar-refractivity contribution in [3.8, 4) is 0 Å². The molecule has 6 nitrogen and oxygen atoms in total. The van der Waals surface area contributed by atoms with Gasteiger partial charge in [-0.3, -0.25) is 9.59 Å². The third-order valence-corrected chi connectivity index (χ3v) is 5.02. The van der Waals surface area contributed by atoms with E-state index >= 15 is 0 Å². The Bertz CT molecular complexity index is 438. The molecule has 0 aromatic carbocycles. The number of hydrogen-bond donors (Lipinski definition) is 3. The van der Waals surface area contributed by atoms with Gasteiger partial charge >= 0.3 is 63.3 Å². The Morgan fingerprint density at radius 1 is 0.724 bits per heavy atom. The number of amides is 1. The number of rotatable bonds is 20. The molecule has 1 amide bonds. The molecule has 0 aliphatic rings. The van der Waals surface area contributed by atoms with E-state index < -0.39 is 24.4 Å². The summed E-state index contributed by atoms with van der Waals surface area (Å²) >= 11 is 0. The van der Waals surface area contributed by atoms with Gasteiger partial charge in [-0.25, -0.2) is 4.79 Å².